The van der Waals surface area contributed by atoms with Gasteiger partial charge in [-0.3, -0.25) is 0 Å². The molecular weight excluding hydrogens is 310 g/mol. The van der Waals surface area contributed by atoms with Gasteiger partial charge >= 0.3 is 0 Å². The molecule has 6 unspecified atom stereocenters. The third kappa shape index (κ3) is 5.91. The van der Waals surface area contributed by atoms with Crippen LogP contribution in [0.25, 0.3) is 0 Å². The maximum absolute atomic E-state index is 3.78. The van der Waals surface area contributed by atoms with Crippen molar-refractivity contribution >= 4 is 81.5 Å². The van der Waals surface area contributed by atoms with E-state index in [0.29, 0.717) is 0 Å². The van der Waals surface area contributed by atoms with E-state index in [1.807, 2.05) is 0 Å². The summed E-state index contributed by atoms with van der Waals surface area (Å²) >= 11 is 0. The third-order valence-electron chi connectivity index (χ3n) is 0.617. The fourth-order valence-electron chi connectivity index (χ4n) is 0.196. The lowest BCUT2D eigenvalue weighted by Crippen LogP contribution is -1.35. The van der Waals surface area contributed by atoms with Gasteiger partial charge in [-0.15, -0.1) is 35.7 Å². The molecule has 0 saturated heterocycles. The van der Waals surface area contributed by atoms with Crippen LogP contribution in [0.1, 0.15) is 0 Å². The molecule has 0 fully saturated rings. The molecule has 0 aliphatic rings. The summed E-state index contributed by atoms with van der Waals surface area (Å²) in [6.45, 7) is 0.139. The first-order chi connectivity index (χ1) is 4.46. The Morgan fingerprint density at radius 3 is 1.00 bits per heavy atom. The second-order valence-electron chi connectivity index (χ2n) is 1.34. The van der Waals surface area contributed by atoms with Crippen LogP contribution >= 0.6 is 81.5 Å². The first kappa shape index (κ1) is 14.3. The van der Waals surface area contributed by atoms with Crippen molar-refractivity contribution in [3.63, 3.8) is 0 Å². The standard InChI is InChI=1S/H10P10/c1-7(2)9(5)10(6)8(3)4/h5-6H,1-4H2/q-2. The maximum atomic E-state index is 3.78. The molecule has 0 bridgehead atoms. The molecule has 0 rings (SSSR count). The fraction of sp³-hybridized carbons (Fsp3) is 0. The van der Waals surface area contributed by atoms with Crippen molar-refractivity contribution in [3.8, 4) is 0 Å². The van der Waals surface area contributed by atoms with Crippen LogP contribution in [0.2, 0.25) is 0 Å². The van der Waals surface area contributed by atoms with Crippen LogP contribution in [0, 0.1) is 0 Å². The van der Waals surface area contributed by atoms with Gasteiger partial charge in [0, 0.05) is 0 Å². The van der Waals surface area contributed by atoms with E-state index >= 15 is 0 Å². The molecular formula is H10P10-2. The van der Waals surface area contributed by atoms with E-state index in [1.165, 1.54) is 0 Å². The van der Waals surface area contributed by atoms with Crippen LogP contribution in [0.3, 0.4) is 0 Å². The van der Waals surface area contributed by atoms with Crippen LogP contribution in [0.15, 0.2) is 0 Å². The zero-order valence-electron chi connectivity index (χ0n) is 5.10. The molecule has 0 amide bonds. The van der Waals surface area contributed by atoms with E-state index in [0.717, 1.165) is 0 Å². The summed E-state index contributed by atoms with van der Waals surface area (Å²) < 4.78 is 0. The summed E-state index contributed by atoms with van der Waals surface area (Å²) in [6, 6.07) is 0. The lowest BCUT2D eigenvalue weighted by Gasteiger charge is -2.43. The molecule has 0 nitrogen and oxygen atoms in total. The molecule has 0 aromatic rings. The van der Waals surface area contributed by atoms with Crippen LogP contribution in [0.5, 0.6) is 0 Å². The van der Waals surface area contributed by atoms with E-state index in [1.54, 1.807) is 0 Å². The van der Waals surface area contributed by atoms with Crippen LogP contribution in [-0.4, -0.2) is 0 Å². The fourth-order valence-corrected chi connectivity index (χ4v) is 47.5. The highest BCUT2D eigenvalue weighted by molar-refractivity contribution is 9.14. The second kappa shape index (κ2) is 7.57. The van der Waals surface area contributed by atoms with Gasteiger partial charge in [0.2, 0.25) is 0 Å². The highest BCUT2D eigenvalue weighted by Gasteiger charge is 2.03. The monoisotopic (exact) mass is 320 g/mol. The Hall–Kier alpha value is 4.30. The highest BCUT2D eigenvalue weighted by Crippen LogP contribution is 3.08. The Morgan fingerprint density at radius 2 is 0.900 bits per heavy atom. The molecule has 10 heteroatoms. The lowest BCUT2D eigenvalue weighted by atomic mass is 28.8. The number of hydrogen-bond acceptors (Lipinski definition) is 0. The van der Waals surface area contributed by atoms with Crippen molar-refractivity contribution in [2.24, 2.45) is 0 Å². The van der Waals surface area contributed by atoms with Crippen molar-refractivity contribution in [3.05, 3.63) is 0 Å². The van der Waals surface area contributed by atoms with Crippen molar-refractivity contribution < 1.29 is 0 Å². The van der Waals surface area contributed by atoms with Crippen LogP contribution in [0.4, 0.5) is 0 Å². The van der Waals surface area contributed by atoms with Crippen LogP contribution < -0.4 is 0 Å². The minimum absolute atomic E-state index is 0.0216. The number of rotatable bonds is 3. The average Bonchev–Trinajstić information content (AvgIpc) is 1.84. The zero-order valence-corrected chi connectivity index (χ0v) is 15.3. The number of hydrogen-bond donors (Lipinski definition) is 0. The zero-order chi connectivity index (χ0) is 8.31. The van der Waals surface area contributed by atoms with Crippen molar-refractivity contribution in [1.82, 2.24) is 0 Å². The molecule has 0 spiro atoms. The van der Waals surface area contributed by atoms with Gasteiger partial charge in [0.1, 0.15) is 0 Å². The molecule has 0 aromatic heterocycles. The molecule has 0 heterocycles. The topological polar surface area (TPSA) is 0 Å². The Balaban J connectivity index is 3.81. The smallest absolute Gasteiger partial charge is 0.0717 e. The van der Waals surface area contributed by atoms with E-state index in [4.69, 9.17) is 0 Å². The summed E-state index contributed by atoms with van der Waals surface area (Å²) in [5.41, 5.74) is 0. The van der Waals surface area contributed by atoms with Gasteiger partial charge in [0.25, 0.3) is 0 Å². The SMILES string of the molecule is [PH-]P(P(P)P)P([PH-])P(P)P. The highest BCUT2D eigenvalue weighted by atomic mass is 33.2. The predicted molar refractivity (Wildman–Crippen MR) is 83.1 cm³/mol. The average molecular weight is 320 g/mol. The van der Waals surface area contributed by atoms with Gasteiger partial charge in [-0.1, -0.05) is 14.0 Å². The third-order valence-corrected chi connectivity index (χ3v) is 50.0. The van der Waals surface area contributed by atoms with Gasteiger partial charge in [-0.25, -0.2) is 14.0 Å². The lowest BCUT2D eigenvalue weighted by molar-refractivity contribution is 4.71. The van der Waals surface area contributed by atoms with Gasteiger partial charge in [-0.2, -0.15) is 0 Å². The molecule has 10 heavy (non-hydrogen) atoms. The molecule has 0 aliphatic carbocycles. The van der Waals surface area contributed by atoms with Gasteiger partial charge in [-0.05, 0) is 0 Å². The van der Waals surface area contributed by atoms with Crippen LogP contribution in [-0.2, 0) is 0 Å². The van der Waals surface area contributed by atoms with E-state index in [2.05, 4.69) is 53.6 Å². The first-order valence-corrected chi connectivity index (χ1v) is 18.7. The Kier molecular flexibility index (Phi) is 10.8. The minimum atomic E-state index is 0.0216. The molecule has 0 radical (unpaired) electrons. The predicted octanol–water partition coefficient (Wildman–Crippen LogP) is 5.94. The summed E-state index contributed by atoms with van der Waals surface area (Å²) in [5, 5.41) is 0. The molecule has 0 aromatic carbocycles. The minimum Gasteiger partial charge on any atom is -0.518 e. The second-order valence-corrected chi connectivity index (χ2v) is 36.2. The molecule has 0 N–H and O–H groups in total. The molecule has 0 saturated carbocycles. The summed E-state index contributed by atoms with van der Waals surface area (Å²) in [4.78, 5) is 0. The van der Waals surface area contributed by atoms with Crippen molar-refractivity contribution in [1.29, 1.82) is 0 Å². The Morgan fingerprint density at radius 1 is 0.700 bits per heavy atom. The summed E-state index contributed by atoms with van der Waals surface area (Å²) in [7, 11) is 19.0. The quantitative estimate of drug-likeness (QED) is 0.565. The van der Waals surface area contributed by atoms with Crippen molar-refractivity contribution in [2.75, 3.05) is 0 Å². The largest absolute Gasteiger partial charge is 0.518 e. The van der Waals surface area contributed by atoms with Gasteiger partial charge in [0.15, 0.2) is 0 Å². The normalized spacial score (nSPS) is 18.0. The van der Waals surface area contributed by atoms with Gasteiger partial charge < -0.3 is 17.9 Å². The summed E-state index contributed by atoms with van der Waals surface area (Å²) in [5.74, 6) is 0. The van der Waals surface area contributed by atoms with E-state index < -0.39 is 0 Å². The maximum Gasteiger partial charge on any atom is -0.0717 e. The first-order valence-electron chi connectivity index (χ1n) is 2.08. The molecule has 62 valence electrons. The molecule has 0 aliphatic heterocycles. The van der Waals surface area contributed by atoms with E-state index in [-0.39, 0.29) is 27.9 Å². The summed E-state index contributed by atoms with van der Waals surface area (Å²) in [6.07, 6.45) is 0. The van der Waals surface area contributed by atoms with Crippen molar-refractivity contribution in [2.45, 2.75) is 0 Å². The molecule has 6 atom stereocenters. The van der Waals surface area contributed by atoms with E-state index in [9.17, 15) is 0 Å². The van der Waals surface area contributed by atoms with Gasteiger partial charge in [0.05, 0.1) is 0 Å². The Bertz CT molecular complexity index is 70.0. The Labute approximate surface area is 81.4 Å².